The van der Waals surface area contributed by atoms with E-state index in [1.165, 1.54) is 0 Å². The van der Waals surface area contributed by atoms with E-state index in [1.807, 2.05) is 12.1 Å². The molecule has 20 heavy (non-hydrogen) atoms. The second-order valence-electron chi connectivity index (χ2n) is 5.32. The van der Waals surface area contributed by atoms with Crippen molar-refractivity contribution in [1.82, 2.24) is 14.8 Å². The highest BCUT2D eigenvalue weighted by Gasteiger charge is 2.18. The molecule has 1 aromatic heterocycles. The van der Waals surface area contributed by atoms with Crippen molar-refractivity contribution in [2.45, 2.75) is 6.42 Å². The Morgan fingerprint density at radius 3 is 2.55 bits per heavy atom. The Bertz CT molecular complexity index is 437. The van der Waals surface area contributed by atoms with Crippen molar-refractivity contribution < 1.29 is 4.79 Å². The van der Waals surface area contributed by atoms with E-state index in [4.69, 9.17) is 5.73 Å². The van der Waals surface area contributed by atoms with Gasteiger partial charge in [-0.25, -0.2) is 4.98 Å². The van der Waals surface area contributed by atoms with Crippen LogP contribution in [0.2, 0.25) is 0 Å². The number of carbonyl (C=O) groups excluding carboxylic acids is 1. The molecular weight excluding hydrogens is 254 g/mol. The Labute approximate surface area is 120 Å². The molecule has 1 saturated heterocycles. The quantitative estimate of drug-likeness (QED) is 0.855. The molecule has 110 valence electrons. The first-order chi connectivity index (χ1) is 9.56. The second-order valence-corrected chi connectivity index (χ2v) is 5.32. The molecule has 1 amide bonds. The molecule has 6 nitrogen and oxygen atoms in total. The van der Waals surface area contributed by atoms with Crippen LogP contribution in [0.25, 0.3) is 0 Å². The van der Waals surface area contributed by atoms with E-state index in [0.717, 1.165) is 38.5 Å². The zero-order valence-corrected chi connectivity index (χ0v) is 12.2. The van der Waals surface area contributed by atoms with Crippen LogP contribution in [0.5, 0.6) is 0 Å². The maximum absolute atomic E-state index is 11.6. The number of amides is 1. The molecule has 0 aromatic carbocycles. The number of hydrogen-bond acceptors (Lipinski definition) is 5. The third-order valence-corrected chi connectivity index (χ3v) is 3.61. The number of pyridine rings is 1. The summed E-state index contributed by atoms with van der Waals surface area (Å²) in [7, 11) is 3.60. The van der Waals surface area contributed by atoms with Crippen molar-refractivity contribution in [2.24, 2.45) is 0 Å². The average molecular weight is 277 g/mol. The number of rotatable bonds is 4. The third-order valence-electron chi connectivity index (χ3n) is 3.61. The molecule has 0 unspecified atom stereocenters. The van der Waals surface area contributed by atoms with Crippen molar-refractivity contribution in [2.75, 3.05) is 57.5 Å². The lowest BCUT2D eigenvalue weighted by Crippen LogP contribution is -2.47. The topological polar surface area (TPSA) is 65.7 Å². The van der Waals surface area contributed by atoms with Crippen molar-refractivity contribution in [3.8, 4) is 0 Å². The number of nitrogen functional groups attached to an aromatic ring is 1. The molecule has 0 aliphatic carbocycles. The minimum absolute atomic E-state index is 0.188. The summed E-state index contributed by atoms with van der Waals surface area (Å²) in [6.07, 6.45) is 2.28. The fraction of sp³-hybridized carbons (Fsp3) is 0.571. The van der Waals surface area contributed by atoms with Crippen LogP contribution in [0.3, 0.4) is 0 Å². The number of nitrogens with two attached hydrogens (primary N) is 1. The molecule has 0 radical (unpaired) electrons. The highest BCUT2D eigenvalue weighted by Crippen LogP contribution is 2.14. The second kappa shape index (κ2) is 6.56. The van der Waals surface area contributed by atoms with Crippen LogP contribution >= 0.6 is 0 Å². The van der Waals surface area contributed by atoms with Gasteiger partial charge in [-0.15, -0.1) is 0 Å². The highest BCUT2D eigenvalue weighted by atomic mass is 16.2. The minimum atomic E-state index is 0.188. The molecule has 2 N–H and O–H groups in total. The Morgan fingerprint density at radius 2 is 2.00 bits per heavy atom. The predicted octanol–water partition coefficient (Wildman–Crippen LogP) is 0.264. The number of nitrogens with zero attached hydrogens (tertiary/aromatic N) is 4. The van der Waals surface area contributed by atoms with Gasteiger partial charge in [0.1, 0.15) is 5.82 Å². The van der Waals surface area contributed by atoms with Gasteiger partial charge in [-0.2, -0.15) is 0 Å². The molecule has 1 aliphatic heterocycles. The Balaban J connectivity index is 1.77. The molecule has 1 aliphatic rings. The molecule has 0 saturated carbocycles. The molecule has 6 heteroatoms. The van der Waals surface area contributed by atoms with Crippen LogP contribution in [-0.4, -0.2) is 67.5 Å². The van der Waals surface area contributed by atoms with Crippen LogP contribution in [-0.2, 0) is 4.79 Å². The summed E-state index contributed by atoms with van der Waals surface area (Å²) in [5, 5.41) is 0. The van der Waals surface area contributed by atoms with Gasteiger partial charge in [0, 0.05) is 53.2 Å². The maximum atomic E-state index is 11.6. The fourth-order valence-corrected chi connectivity index (χ4v) is 2.26. The smallest absolute Gasteiger partial charge is 0.223 e. The van der Waals surface area contributed by atoms with E-state index >= 15 is 0 Å². The summed E-state index contributed by atoms with van der Waals surface area (Å²) in [5.74, 6) is 1.16. The SMILES string of the molecule is CN(C)C(=O)CCN1CCN(c2ccc(N)cn2)CC1. The van der Waals surface area contributed by atoms with Crippen LogP contribution in [0.4, 0.5) is 11.5 Å². The van der Waals surface area contributed by atoms with Crippen molar-refractivity contribution >= 4 is 17.4 Å². The average Bonchev–Trinajstić information content (AvgIpc) is 2.46. The Morgan fingerprint density at radius 1 is 1.30 bits per heavy atom. The molecule has 0 spiro atoms. The summed E-state index contributed by atoms with van der Waals surface area (Å²) in [5.41, 5.74) is 6.33. The number of piperazine rings is 1. The first-order valence-electron chi connectivity index (χ1n) is 6.95. The van der Waals surface area contributed by atoms with E-state index in [2.05, 4.69) is 14.8 Å². The lowest BCUT2D eigenvalue weighted by Gasteiger charge is -2.35. The standard InChI is InChI=1S/C14H23N5O/c1-17(2)14(20)5-6-18-7-9-19(10-8-18)13-4-3-12(15)11-16-13/h3-4,11H,5-10,15H2,1-2H3. The van der Waals surface area contributed by atoms with Gasteiger partial charge in [0.05, 0.1) is 11.9 Å². The molecule has 1 fully saturated rings. The van der Waals surface area contributed by atoms with Gasteiger partial charge in [-0.1, -0.05) is 0 Å². The molecule has 1 aromatic rings. The van der Waals surface area contributed by atoms with E-state index in [0.29, 0.717) is 12.1 Å². The van der Waals surface area contributed by atoms with E-state index < -0.39 is 0 Å². The number of carbonyl (C=O) groups is 1. The predicted molar refractivity (Wildman–Crippen MR) is 80.6 cm³/mol. The maximum Gasteiger partial charge on any atom is 0.223 e. The first-order valence-corrected chi connectivity index (χ1v) is 6.95. The van der Waals surface area contributed by atoms with Gasteiger partial charge >= 0.3 is 0 Å². The molecule has 2 heterocycles. The van der Waals surface area contributed by atoms with Crippen molar-refractivity contribution in [3.05, 3.63) is 18.3 Å². The van der Waals surface area contributed by atoms with Crippen molar-refractivity contribution in [1.29, 1.82) is 0 Å². The third kappa shape index (κ3) is 3.84. The summed E-state index contributed by atoms with van der Waals surface area (Å²) in [6, 6.07) is 3.84. The number of anilines is 2. The fourth-order valence-electron chi connectivity index (χ4n) is 2.26. The molecular formula is C14H23N5O. The minimum Gasteiger partial charge on any atom is -0.397 e. The number of hydrogen-bond donors (Lipinski definition) is 1. The largest absolute Gasteiger partial charge is 0.397 e. The van der Waals surface area contributed by atoms with Gasteiger partial charge in [0.25, 0.3) is 0 Å². The van der Waals surface area contributed by atoms with Gasteiger partial charge in [-0.05, 0) is 12.1 Å². The van der Waals surface area contributed by atoms with Gasteiger partial charge in [0.2, 0.25) is 5.91 Å². The monoisotopic (exact) mass is 277 g/mol. The Hall–Kier alpha value is -1.82. The molecule has 2 rings (SSSR count). The summed E-state index contributed by atoms with van der Waals surface area (Å²) in [6.45, 7) is 4.64. The Kier molecular flexibility index (Phi) is 4.79. The lowest BCUT2D eigenvalue weighted by atomic mass is 10.2. The van der Waals surface area contributed by atoms with E-state index in [1.54, 1.807) is 25.2 Å². The van der Waals surface area contributed by atoms with Gasteiger partial charge in [0.15, 0.2) is 0 Å². The van der Waals surface area contributed by atoms with Crippen LogP contribution in [0.15, 0.2) is 18.3 Å². The number of aromatic nitrogens is 1. The molecule has 0 bridgehead atoms. The zero-order chi connectivity index (χ0) is 14.5. The first kappa shape index (κ1) is 14.6. The van der Waals surface area contributed by atoms with Gasteiger partial charge < -0.3 is 15.5 Å². The van der Waals surface area contributed by atoms with E-state index in [-0.39, 0.29) is 5.91 Å². The van der Waals surface area contributed by atoms with Crippen molar-refractivity contribution in [3.63, 3.8) is 0 Å². The van der Waals surface area contributed by atoms with Crippen LogP contribution in [0, 0.1) is 0 Å². The zero-order valence-electron chi connectivity index (χ0n) is 12.2. The van der Waals surface area contributed by atoms with E-state index in [9.17, 15) is 4.79 Å². The summed E-state index contributed by atoms with van der Waals surface area (Å²) >= 11 is 0. The normalized spacial score (nSPS) is 16.2. The highest BCUT2D eigenvalue weighted by molar-refractivity contribution is 5.75. The molecule has 0 atom stereocenters. The lowest BCUT2D eigenvalue weighted by molar-refractivity contribution is -0.129. The van der Waals surface area contributed by atoms with Crippen LogP contribution in [0.1, 0.15) is 6.42 Å². The summed E-state index contributed by atoms with van der Waals surface area (Å²) < 4.78 is 0. The van der Waals surface area contributed by atoms with Gasteiger partial charge in [-0.3, -0.25) is 9.69 Å². The summed E-state index contributed by atoms with van der Waals surface area (Å²) in [4.78, 5) is 22.1. The van der Waals surface area contributed by atoms with Crippen LogP contribution < -0.4 is 10.6 Å².